The average Bonchev–Trinajstić information content (AvgIpc) is 2.53. The molecule has 0 heterocycles. The minimum atomic E-state index is -0.0519. The topological polar surface area (TPSA) is 66.0 Å². The summed E-state index contributed by atoms with van der Waals surface area (Å²) < 4.78 is 5.01. The molecule has 1 aromatic rings. The Hall–Kier alpha value is -1.06. The lowest BCUT2D eigenvalue weighted by Gasteiger charge is -2.14. The SMILES string of the molecule is COCCNC(=NCC(=O)N(C)C)NCCc1ccccc1Cl.I. The third-order valence-corrected chi connectivity index (χ3v) is 3.48. The molecule has 136 valence electrons. The van der Waals surface area contributed by atoms with E-state index in [1.54, 1.807) is 21.2 Å². The molecule has 1 amide bonds. The van der Waals surface area contributed by atoms with Crippen LogP contribution in [0.4, 0.5) is 0 Å². The van der Waals surface area contributed by atoms with Crippen molar-refractivity contribution in [2.45, 2.75) is 6.42 Å². The molecular formula is C16H26ClIN4O2. The second kappa shape index (κ2) is 13.3. The molecule has 24 heavy (non-hydrogen) atoms. The first-order valence-electron chi connectivity index (χ1n) is 7.49. The minimum Gasteiger partial charge on any atom is -0.383 e. The van der Waals surface area contributed by atoms with Gasteiger partial charge in [-0.1, -0.05) is 29.8 Å². The molecule has 0 spiro atoms. The Morgan fingerprint density at radius 1 is 1.25 bits per heavy atom. The number of ether oxygens (including phenoxy) is 1. The number of halogens is 2. The number of likely N-dealkylation sites (N-methyl/N-ethyl adjacent to an activating group) is 1. The van der Waals surface area contributed by atoms with E-state index in [1.807, 2.05) is 24.3 Å². The van der Waals surface area contributed by atoms with Gasteiger partial charge in [0.1, 0.15) is 6.54 Å². The molecular weight excluding hydrogens is 443 g/mol. The Bertz CT molecular complexity index is 527. The molecule has 0 aliphatic heterocycles. The molecule has 0 bridgehead atoms. The Morgan fingerprint density at radius 2 is 1.92 bits per heavy atom. The van der Waals surface area contributed by atoms with Crippen molar-refractivity contribution < 1.29 is 9.53 Å². The molecule has 0 fully saturated rings. The van der Waals surface area contributed by atoms with Crippen molar-refractivity contribution in [3.63, 3.8) is 0 Å². The fraction of sp³-hybridized carbons (Fsp3) is 0.500. The second-order valence-corrected chi connectivity index (χ2v) is 5.55. The third kappa shape index (κ3) is 9.29. The maximum Gasteiger partial charge on any atom is 0.243 e. The summed E-state index contributed by atoms with van der Waals surface area (Å²) in [7, 11) is 5.06. The van der Waals surface area contributed by atoms with Gasteiger partial charge in [-0.25, -0.2) is 4.99 Å². The number of nitrogens with one attached hydrogen (secondary N) is 2. The van der Waals surface area contributed by atoms with Gasteiger partial charge in [-0.05, 0) is 18.1 Å². The maximum atomic E-state index is 11.6. The summed E-state index contributed by atoms with van der Waals surface area (Å²) >= 11 is 6.14. The van der Waals surface area contributed by atoms with Gasteiger partial charge in [-0.15, -0.1) is 24.0 Å². The summed E-state index contributed by atoms with van der Waals surface area (Å²) in [5.41, 5.74) is 1.07. The van der Waals surface area contributed by atoms with Crippen LogP contribution in [0.1, 0.15) is 5.56 Å². The number of guanidine groups is 1. The number of rotatable bonds is 8. The zero-order valence-corrected chi connectivity index (χ0v) is 17.4. The van der Waals surface area contributed by atoms with Gasteiger partial charge in [-0.2, -0.15) is 0 Å². The van der Waals surface area contributed by atoms with E-state index >= 15 is 0 Å². The zero-order chi connectivity index (χ0) is 17.1. The summed E-state index contributed by atoms with van der Waals surface area (Å²) in [6.45, 7) is 1.94. The molecule has 0 aliphatic rings. The Morgan fingerprint density at radius 3 is 2.54 bits per heavy atom. The van der Waals surface area contributed by atoms with Crippen LogP contribution in [0.25, 0.3) is 0 Å². The Labute approximate surface area is 166 Å². The van der Waals surface area contributed by atoms with Crippen molar-refractivity contribution in [2.75, 3.05) is 47.4 Å². The van der Waals surface area contributed by atoms with Crippen LogP contribution >= 0.6 is 35.6 Å². The van der Waals surface area contributed by atoms with Crippen LogP contribution in [0.15, 0.2) is 29.3 Å². The summed E-state index contributed by atoms with van der Waals surface area (Å²) in [5, 5.41) is 7.08. The smallest absolute Gasteiger partial charge is 0.243 e. The number of carbonyl (C=O) groups excluding carboxylic acids is 1. The molecule has 0 aliphatic carbocycles. The van der Waals surface area contributed by atoms with E-state index < -0.39 is 0 Å². The van der Waals surface area contributed by atoms with Gasteiger partial charge in [-0.3, -0.25) is 4.79 Å². The summed E-state index contributed by atoms with van der Waals surface area (Å²) in [6, 6.07) is 7.74. The number of hydrogen-bond donors (Lipinski definition) is 2. The van der Waals surface area contributed by atoms with Crippen LogP contribution in [-0.2, 0) is 16.0 Å². The predicted octanol–water partition coefficient (Wildman–Crippen LogP) is 1.77. The van der Waals surface area contributed by atoms with Crippen LogP contribution in [0, 0.1) is 0 Å². The van der Waals surface area contributed by atoms with Crippen LogP contribution in [-0.4, -0.2) is 64.2 Å². The fourth-order valence-electron chi connectivity index (χ4n) is 1.75. The molecule has 8 heteroatoms. The van der Waals surface area contributed by atoms with Gasteiger partial charge in [0.25, 0.3) is 0 Å². The fourth-order valence-corrected chi connectivity index (χ4v) is 1.98. The van der Waals surface area contributed by atoms with Crippen LogP contribution < -0.4 is 10.6 Å². The number of carbonyl (C=O) groups is 1. The largest absolute Gasteiger partial charge is 0.383 e. The van der Waals surface area contributed by atoms with Crippen molar-refractivity contribution in [3.8, 4) is 0 Å². The number of methoxy groups -OCH3 is 1. The first-order valence-corrected chi connectivity index (χ1v) is 7.87. The normalized spacial score (nSPS) is 10.8. The van der Waals surface area contributed by atoms with E-state index in [4.69, 9.17) is 16.3 Å². The van der Waals surface area contributed by atoms with Gasteiger partial charge in [0, 0.05) is 39.3 Å². The van der Waals surface area contributed by atoms with Crippen molar-refractivity contribution in [2.24, 2.45) is 4.99 Å². The predicted molar refractivity (Wildman–Crippen MR) is 109 cm³/mol. The van der Waals surface area contributed by atoms with Crippen molar-refractivity contribution in [3.05, 3.63) is 34.9 Å². The highest BCUT2D eigenvalue weighted by atomic mass is 127. The van der Waals surface area contributed by atoms with Crippen LogP contribution in [0.2, 0.25) is 5.02 Å². The second-order valence-electron chi connectivity index (χ2n) is 5.14. The number of amides is 1. The van der Waals surface area contributed by atoms with E-state index in [0.717, 1.165) is 17.0 Å². The van der Waals surface area contributed by atoms with Gasteiger partial charge in [0.2, 0.25) is 5.91 Å². The molecule has 0 radical (unpaired) electrons. The third-order valence-electron chi connectivity index (χ3n) is 3.11. The van der Waals surface area contributed by atoms with E-state index in [9.17, 15) is 4.79 Å². The van der Waals surface area contributed by atoms with Crippen LogP contribution in [0.3, 0.4) is 0 Å². The number of aliphatic imine (C=N–C) groups is 1. The molecule has 6 nitrogen and oxygen atoms in total. The highest BCUT2D eigenvalue weighted by Crippen LogP contribution is 2.14. The Balaban J connectivity index is 0.00000529. The van der Waals surface area contributed by atoms with Crippen LogP contribution in [0.5, 0.6) is 0 Å². The van der Waals surface area contributed by atoms with E-state index in [2.05, 4.69) is 15.6 Å². The summed E-state index contributed by atoms with van der Waals surface area (Å²) in [4.78, 5) is 17.4. The van der Waals surface area contributed by atoms with Crippen molar-refractivity contribution >= 4 is 47.4 Å². The summed E-state index contributed by atoms with van der Waals surface area (Å²) in [6.07, 6.45) is 0.770. The van der Waals surface area contributed by atoms with Gasteiger partial charge < -0.3 is 20.3 Å². The number of hydrogen-bond acceptors (Lipinski definition) is 3. The first-order chi connectivity index (χ1) is 11.0. The highest BCUT2D eigenvalue weighted by Gasteiger charge is 2.05. The van der Waals surface area contributed by atoms with Gasteiger partial charge in [0.05, 0.1) is 6.61 Å². The molecule has 1 rings (SSSR count). The maximum absolute atomic E-state index is 11.6. The molecule has 0 saturated carbocycles. The molecule has 2 N–H and O–H groups in total. The first kappa shape index (κ1) is 22.9. The number of benzene rings is 1. The van der Waals surface area contributed by atoms with Gasteiger partial charge in [0.15, 0.2) is 5.96 Å². The van der Waals surface area contributed by atoms with Crippen molar-refractivity contribution in [1.82, 2.24) is 15.5 Å². The summed E-state index contributed by atoms with van der Waals surface area (Å²) in [5.74, 6) is 0.535. The minimum absolute atomic E-state index is 0. The van der Waals surface area contributed by atoms with Gasteiger partial charge >= 0.3 is 0 Å². The average molecular weight is 469 g/mol. The molecule has 0 aromatic heterocycles. The lowest BCUT2D eigenvalue weighted by atomic mass is 10.1. The monoisotopic (exact) mass is 468 g/mol. The van der Waals surface area contributed by atoms with E-state index in [1.165, 1.54) is 4.90 Å². The van der Waals surface area contributed by atoms with Crippen molar-refractivity contribution in [1.29, 1.82) is 0 Å². The molecule has 0 atom stereocenters. The lowest BCUT2D eigenvalue weighted by Crippen LogP contribution is -2.40. The molecule has 0 unspecified atom stereocenters. The zero-order valence-electron chi connectivity index (χ0n) is 14.3. The molecule has 0 saturated heterocycles. The van der Waals surface area contributed by atoms with E-state index in [-0.39, 0.29) is 36.4 Å². The lowest BCUT2D eigenvalue weighted by molar-refractivity contribution is -0.127. The Kier molecular flexibility index (Phi) is 12.7. The van der Waals surface area contributed by atoms with E-state index in [0.29, 0.717) is 25.7 Å². The standard InChI is InChI=1S/C16H25ClN4O2.HI/c1-21(2)15(22)12-20-16(19-10-11-23-3)18-9-8-13-6-4-5-7-14(13)17;/h4-7H,8-12H2,1-3H3,(H2,18,19,20);1H. The highest BCUT2D eigenvalue weighted by molar-refractivity contribution is 14.0. The number of nitrogens with zero attached hydrogens (tertiary/aromatic N) is 2. The molecule has 1 aromatic carbocycles. The quantitative estimate of drug-likeness (QED) is 0.264.